The average Bonchev–Trinajstić information content (AvgIpc) is 3.19. The van der Waals surface area contributed by atoms with Crippen molar-refractivity contribution in [3.05, 3.63) is 35.9 Å². The molecule has 0 heterocycles. The summed E-state index contributed by atoms with van der Waals surface area (Å²) in [4.78, 5) is 2.42. The van der Waals surface area contributed by atoms with Gasteiger partial charge in [-0.05, 0) is 30.9 Å². The van der Waals surface area contributed by atoms with E-state index >= 15 is 0 Å². The summed E-state index contributed by atoms with van der Waals surface area (Å²) in [5.74, 6) is 0.903. The summed E-state index contributed by atoms with van der Waals surface area (Å²) < 4.78 is 0. The summed E-state index contributed by atoms with van der Waals surface area (Å²) >= 11 is 0. The lowest BCUT2D eigenvalue weighted by atomic mass is 10.00. The van der Waals surface area contributed by atoms with Gasteiger partial charge >= 0.3 is 0 Å². The Labute approximate surface area is 104 Å². The lowest BCUT2D eigenvalue weighted by Gasteiger charge is -2.23. The monoisotopic (exact) mass is 228 g/mol. The maximum Gasteiger partial charge on any atom is 0.0839 e. The molecule has 1 saturated carbocycles. The van der Waals surface area contributed by atoms with Crippen molar-refractivity contribution < 1.29 is 0 Å². The van der Waals surface area contributed by atoms with Crippen LogP contribution in [0.3, 0.4) is 0 Å². The molecule has 17 heavy (non-hydrogen) atoms. The highest BCUT2D eigenvalue weighted by atomic mass is 15.1. The second-order valence-corrected chi connectivity index (χ2v) is 4.89. The van der Waals surface area contributed by atoms with Crippen molar-refractivity contribution in [3.63, 3.8) is 0 Å². The molecule has 1 unspecified atom stereocenters. The van der Waals surface area contributed by atoms with Gasteiger partial charge in [-0.2, -0.15) is 5.26 Å². The van der Waals surface area contributed by atoms with E-state index in [-0.39, 0.29) is 5.92 Å². The van der Waals surface area contributed by atoms with Crippen LogP contribution >= 0.6 is 0 Å². The summed E-state index contributed by atoms with van der Waals surface area (Å²) in [6.07, 6.45) is 2.75. The summed E-state index contributed by atoms with van der Waals surface area (Å²) in [6.45, 7) is 5.26. The first-order chi connectivity index (χ1) is 8.33. The Balaban J connectivity index is 1.96. The van der Waals surface area contributed by atoms with Crippen LogP contribution in [0.2, 0.25) is 0 Å². The number of hydrogen-bond acceptors (Lipinski definition) is 2. The van der Waals surface area contributed by atoms with E-state index < -0.39 is 0 Å². The molecule has 2 heteroatoms. The fourth-order valence-electron chi connectivity index (χ4n) is 2.16. The molecular formula is C15H20N2. The van der Waals surface area contributed by atoms with Crippen LogP contribution in [0.15, 0.2) is 30.3 Å². The summed E-state index contributed by atoms with van der Waals surface area (Å²) in [7, 11) is 0. The maximum atomic E-state index is 9.30. The molecule has 1 fully saturated rings. The number of nitrogens with zero attached hydrogens (tertiary/aromatic N) is 2. The quantitative estimate of drug-likeness (QED) is 0.748. The minimum Gasteiger partial charge on any atom is -0.302 e. The van der Waals surface area contributed by atoms with Gasteiger partial charge < -0.3 is 4.90 Å². The van der Waals surface area contributed by atoms with Gasteiger partial charge in [-0.25, -0.2) is 0 Å². The lowest BCUT2D eigenvalue weighted by molar-refractivity contribution is 0.271. The highest BCUT2D eigenvalue weighted by molar-refractivity contribution is 5.25. The first-order valence-electron chi connectivity index (χ1n) is 6.50. The molecule has 2 rings (SSSR count). The van der Waals surface area contributed by atoms with Gasteiger partial charge in [-0.1, -0.05) is 37.3 Å². The zero-order chi connectivity index (χ0) is 12.1. The maximum absolute atomic E-state index is 9.30. The normalized spacial score (nSPS) is 16.8. The second kappa shape index (κ2) is 5.84. The molecule has 1 atom stereocenters. The second-order valence-electron chi connectivity index (χ2n) is 4.89. The molecule has 0 radical (unpaired) electrons. The molecule has 1 aliphatic carbocycles. The van der Waals surface area contributed by atoms with Crippen LogP contribution in [0.1, 0.15) is 31.2 Å². The van der Waals surface area contributed by atoms with Crippen LogP contribution in [0.5, 0.6) is 0 Å². The molecule has 1 aliphatic rings. The zero-order valence-electron chi connectivity index (χ0n) is 10.5. The number of rotatable bonds is 6. The van der Waals surface area contributed by atoms with Gasteiger partial charge in [-0.15, -0.1) is 0 Å². The van der Waals surface area contributed by atoms with Crippen LogP contribution in [-0.2, 0) is 0 Å². The van der Waals surface area contributed by atoms with Crippen LogP contribution in [0.25, 0.3) is 0 Å². The Hall–Kier alpha value is -1.33. The molecule has 0 saturated heterocycles. The van der Waals surface area contributed by atoms with Crippen molar-refractivity contribution in [2.24, 2.45) is 5.92 Å². The van der Waals surface area contributed by atoms with Crippen molar-refractivity contribution in [3.8, 4) is 6.07 Å². The summed E-state index contributed by atoms with van der Waals surface area (Å²) in [5.41, 5.74) is 1.14. The first-order valence-corrected chi connectivity index (χ1v) is 6.50. The molecule has 90 valence electrons. The van der Waals surface area contributed by atoms with Crippen LogP contribution in [-0.4, -0.2) is 24.5 Å². The molecule has 0 aromatic heterocycles. The number of benzene rings is 1. The van der Waals surface area contributed by atoms with Crippen LogP contribution in [0.4, 0.5) is 0 Å². The predicted molar refractivity (Wildman–Crippen MR) is 69.6 cm³/mol. The molecule has 1 aromatic rings. The van der Waals surface area contributed by atoms with Crippen molar-refractivity contribution in [1.29, 1.82) is 5.26 Å². The van der Waals surface area contributed by atoms with Gasteiger partial charge in [0.05, 0.1) is 12.0 Å². The Bertz CT molecular complexity index is 376. The van der Waals surface area contributed by atoms with E-state index in [0.29, 0.717) is 0 Å². The van der Waals surface area contributed by atoms with E-state index in [1.165, 1.54) is 19.4 Å². The van der Waals surface area contributed by atoms with Crippen molar-refractivity contribution >= 4 is 0 Å². The van der Waals surface area contributed by atoms with Gasteiger partial charge in [0.1, 0.15) is 0 Å². The third-order valence-corrected chi connectivity index (χ3v) is 3.46. The fourth-order valence-corrected chi connectivity index (χ4v) is 2.16. The van der Waals surface area contributed by atoms with E-state index in [1.54, 1.807) is 0 Å². The van der Waals surface area contributed by atoms with E-state index in [4.69, 9.17) is 0 Å². The zero-order valence-corrected chi connectivity index (χ0v) is 10.5. The molecule has 0 spiro atoms. The van der Waals surface area contributed by atoms with E-state index in [0.717, 1.165) is 24.6 Å². The third-order valence-electron chi connectivity index (χ3n) is 3.46. The van der Waals surface area contributed by atoms with Gasteiger partial charge in [0, 0.05) is 13.1 Å². The minimum atomic E-state index is 0.00917. The molecule has 0 N–H and O–H groups in total. The van der Waals surface area contributed by atoms with Crippen molar-refractivity contribution in [2.75, 3.05) is 19.6 Å². The molecule has 0 bridgehead atoms. The summed E-state index contributed by atoms with van der Waals surface area (Å²) in [6, 6.07) is 12.6. The van der Waals surface area contributed by atoms with E-state index in [9.17, 15) is 5.26 Å². The average molecular weight is 228 g/mol. The summed E-state index contributed by atoms with van der Waals surface area (Å²) in [5, 5.41) is 9.30. The molecule has 0 amide bonds. The minimum absolute atomic E-state index is 0.00917. The standard InChI is InChI=1S/C15H20N2/c1-2-17(11-13-8-9-13)12-15(10-16)14-6-4-3-5-7-14/h3-7,13,15H,2,8-9,11-12H2,1H3. The van der Waals surface area contributed by atoms with Gasteiger partial charge in [-0.3, -0.25) is 0 Å². The predicted octanol–water partition coefficient (Wildman–Crippen LogP) is 3.03. The Morgan fingerprint density at radius 3 is 2.59 bits per heavy atom. The topological polar surface area (TPSA) is 27.0 Å². The Morgan fingerprint density at radius 1 is 1.35 bits per heavy atom. The lowest BCUT2D eigenvalue weighted by Crippen LogP contribution is -2.30. The number of hydrogen-bond donors (Lipinski definition) is 0. The van der Waals surface area contributed by atoms with Crippen molar-refractivity contribution in [2.45, 2.75) is 25.7 Å². The Morgan fingerprint density at radius 2 is 2.06 bits per heavy atom. The van der Waals surface area contributed by atoms with E-state index in [2.05, 4.69) is 30.0 Å². The molecule has 2 nitrogen and oxygen atoms in total. The number of likely N-dealkylation sites (N-methyl/N-ethyl adjacent to an activating group) is 1. The van der Waals surface area contributed by atoms with E-state index in [1.807, 2.05) is 18.2 Å². The Kier molecular flexibility index (Phi) is 4.17. The van der Waals surface area contributed by atoms with Crippen LogP contribution < -0.4 is 0 Å². The van der Waals surface area contributed by atoms with Gasteiger partial charge in [0.2, 0.25) is 0 Å². The highest BCUT2D eigenvalue weighted by Crippen LogP contribution is 2.30. The molecule has 1 aromatic carbocycles. The van der Waals surface area contributed by atoms with Crippen LogP contribution in [0, 0.1) is 17.2 Å². The van der Waals surface area contributed by atoms with Gasteiger partial charge in [0.25, 0.3) is 0 Å². The molecule has 0 aliphatic heterocycles. The number of nitriles is 1. The third kappa shape index (κ3) is 3.57. The van der Waals surface area contributed by atoms with Gasteiger partial charge in [0.15, 0.2) is 0 Å². The SMILES string of the molecule is CCN(CC1CC1)CC(C#N)c1ccccc1. The first kappa shape index (κ1) is 12.1. The van der Waals surface area contributed by atoms with Crippen molar-refractivity contribution in [1.82, 2.24) is 4.90 Å². The smallest absolute Gasteiger partial charge is 0.0839 e. The largest absolute Gasteiger partial charge is 0.302 e. The molecular weight excluding hydrogens is 208 g/mol. The highest BCUT2D eigenvalue weighted by Gasteiger charge is 2.25. The fraction of sp³-hybridized carbons (Fsp3) is 0.533.